The Labute approximate surface area is 539 Å². The number of carbonyl (C=O) groups excluding carboxylic acids is 9. The third-order valence-electron chi connectivity index (χ3n) is 16.7. The van der Waals surface area contributed by atoms with Crippen LogP contribution in [0.5, 0.6) is 0 Å². The predicted octanol–water partition coefficient (Wildman–Crippen LogP) is 5.77. The van der Waals surface area contributed by atoms with Gasteiger partial charge in [0.15, 0.2) is 0 Å². The molecule has 2 aliphatic heterocycles. The molecule has 19 nitrogen and oxygen atoms in total. The van der Waals surface area contributed by atoms with E-state index >= 15 is 0 Å². The van der Waals surface area contributed by atoms with E-state index in [9.17, 15) is 43.2 Å². The minimum Gasteiger partial charge on any atom is -0.368 e. The van der Waals surface area contributed by atoms with Gasteiger partial charge in [-0.2, -0.15) is 11.8 Å². The van der Waals surface area contributed by atoms with Gasteiger partial charge in [-0.15, -0.1) is 0 Å². The maximum Gasteiger partial charge on any atom is 0.251 e. The summed E-state index contributed by atoms with van der Waals surface area (Å²) in [6.07, 6.45) is 6.99. The average Bonchev–Trinajstić information content (AvgIpc) is 3.90. The number of fused-ring (bicyclic) bond motifs is 29. The zero-order valence-corrected chi connectivity index (χ0v) is 53.0. The van der Waals surface area contributed by atoms with Crippen LogP contribution in [0, 0.1) is 11.8 Å². The summed E-state index contributed by atoms with van der Waals surface area (Å²) < 4.78 is 0. The van der Waals surface area contributed by atoms with Gasteiger partial charge < -0.3 is 52.3 Å². The first kappa shape index (κ1) is 68.5. The van der Waals surface area contributed by atoms with Crippen molar-refractivity contribution in [1.29, 1.82) is 0 Å². The SMILES string of the molecule is NCCCC[C@H]1CN(C(=O)CCc2ccccc2)CC(=O)N[C@@H](Cc2ccccc2)CN(CC(N)=O)C(=O)CCSCc2ccc(cc2)C(=O)NC(Cc2ccccc2)CN(C(=O)CC2CC2)CC(=O)N[C@@H](Cc2ccccc2)CN(C(=O)CC2CC2)CC(=O)N1. The molecule has 2 saturated carbocycles. The third kappa shape index (κ3) is 24.8. The summed E-state index contributed by atoms with van der Waals surface area (Å²) in [5, 5.41) is 12.6. The largest absolute Gasteiger partial charge is 0.368 e. The minimum atomic E-state index is -0.728. The molecule has 2 bridgehead atoms. The Morgan fingerprint density at radius 2 is 0.923 bits per heavy atom. The second-order valence-electron chi connectivity index (χ2n) is 24.7. The molecule has 91 heavy (non-hydrogen) atoms. The van der Waals surface area contributed by atoms with Crippen molar-refractivity contribution in [3.63, 3.8) is 0 Å². The molecule has 0 aromatic heterocycles. The molecular formula is C71H90N10O9S. The number of unbranched alkanes of at least 4 members (excludes halogenated alkanes) is 1. The summed E-state index contributed by atoms with van der Waals surface area (Å²) in [5.41, 5.74) is 16.6. The molecule has 9 amide bonds. The van der Waals surface area contributed by atoms with Gasteiger partial charge in [0.25, 0.3) is 5.91 Å². The van der Waals surface area contributed by atoms with Crippen LogP contribution in [0.3, 0.4) is 0 Å². The van der Waals surface area contributed by atoms with Crippen molar-refractivity contribution in [2.45, 2.75) is 126 Å². The molecule has 1 unspecified atom stereocenters. The lowest BCUT2D eigenvalue weighted by atomic mass is 10.0. The van der Waals surface area contributed by atoms with E-state index in [2.05, 4.69) is 21.3 Å². The van der Waals surface area contributed by atoms with Crippen molar-refractivity contribution in [3.05, 3.63) is 179 Å². The van der Waals surface area contributed by atoms with E-state index in [-0.39, 0.29) is 119 Å². The predicted molar refractivity (Wildman–Crippen MR) is 353 cm³/mol. The van der Waals surface area contributed by atoms with Gasteiger partial charge in [-0.1, -0.05) is 140 Å². The molecular weight excluding hydrogens is 1170 g/mol. The molecule has 2 aliphatic carbocycles. The molecule has 5 aromatic carbocycles. The molecule has 484 valence electrons. The van der Waals surface area contributed by atoms with Gasteiger partial charge in [-0.3, -0.25) is 43.2 Å². The van der Waals surface area contributed by atoms with Crippen LogP contribution in [0.25, 0.3) is 0 Å². The Hall–Kier alpha value is -8.36. The van der Waals surface area contributed by atoms with Gasteiger partial charge in [0, 0.05) is 75.0 Å². The number of carbonyl (C=O) groups is 9. The molecule has 9 rings (SSSR count). The Balaban J connectivity index is 1.12. The number of benzene rings is 5. The summed E-state index contributed by atoms with van der Waals surface area (Å²) in [6, 6.07) is 42.5. The van der Waals surface area contributed by atoms with E-state index in [0.29, 0.717) is 55.7 Å². The third-order valence-corrected chi connectivity index (χ3v) is 17.7. The second-order valence-corrected chi connectivity index (χ2v) is 25.8. The Bertz CT molecular complexity index is 3170. The molecule has 2 heterocycles. The fourth-order valence-corrected chi connectivity index (χ4v) is 12.4. The summed E-state index contributed by atoms with van der Waals surface area (Å²) in [4.78, 5) is 134. The molecule has 4 aliphatic rings. The van der Waals surface area contributed by atoms with Crippen LogP contribution in [0.4, 0.5) is 0 Å². The van der Waals surface area contributed by atoms with E-state index in [1.165, 1.54) is 31.4 Å². The highest BCUT2D eigenvalue weighted by molar-refractivity contribution is 7.98. The fourth-order valence-electron chi connectivity index (χ4n) is 11.5. The summed E-state index contributed by atoms with van der Waals surface area (Å²) in [5.74, 6) is -2.48. The summed E-state index contributed by atoms with van der Waals surface area (Å²) in [7, 11) is 0. The van der Waals surface area contributed by atoms with E-state index in [0.717, 1.165) is 53.5 Å². The number of amides is 9. The lowest BCUT2D eigenvalue weighted by Crippen LogP contribution is -2.55. The lowest BCUT2D eigenvalue weighted by Gasteiger charge is -2.32. The molecule has 8 N–H and O–H groups in total. The number of nitrogens with zero attached hydrogens (tertiary/aromatic N) is 4. The number of nitrogens with two attached hydrogens (primary N) is 2. The Morgan fingerprint density at radius 1 is 0.495 bits per heavy atom. The quantitative estimate of drug-likeness (QED) is 0.0427. The van der Waals surface area contributed by atoms with Gasteiger partial charge in [0.2, 0.25) is 47.3 Å². The normalized spacial score (nSPS) is 20.1. The standard InChI is InChI=1S/C71H90N10O9S/c72-35-14-13-23-59-42-79(67(86)33-30-51-15-5-1-6-16-51)47-65(84)75-60(37-52-17-7-2-8-18-52)43-78(46-63(73)82)68(87)34-36-91-50-57-28-31-58(32-29-57)71(90)77-62(39-54-21-11-4-12-22-54)45-81(70(89)41-56-26-27-56)49-66(85)76-61(38-53-19-9-3-10-20-53)44-80(48-64(83)74-59)69(88)40-55-24-25-55/h1-12,15-22,28-29,31-32,55-56,59-62H,13-14,23-27,30,33-50,72H2,(H2,73,82)(H,74,83)(H,75,84)(H,76,85)(H,77,90)/t59-,60-,61-,62?/m0/s1. The number of hydrogen-bond donors (Lipinski definition) is 6. The second kappa shape index (κ2) is 35.9. The molecule has 4 atom stereocenters. The first-order valence-corrected chi connectivity index (χ1v) is 33.4. The van der Waals surface area contributed by atoms with Gasteiger partial charge in [0.05, 0.1) is 44.3 Å². The van der Waals surface area contributed by atoms with Gasteiger partial charge in [-0.05, 0) is 123 Å². The highest BCUT2D eigenvalue weighted by Gasteiger charge is 2.34. The van der Waals surface area contributed by atoms with Crippen LogP contribution in [0.1, 0.15) is 109 Å². The van der Waals surface area contributed by atoms with Crippen molar-refractivity contribution in [2.75, 3.05) is 64.7 Å². The monoisotopic (exact) mass is 1260 g/mol. The molecule has 2 fully saturated rings. The number of thioether (sulfide) groups is 1. The van der Waals surface area contributed by atoms with E-state index < -0.39 is 60.9 Å². The lowest BCUT2D eigenvalue weighted by molar-refractivity contribution is -0.139. The van der Waals surface area contributed by atoms with Crippen LogP contribution in [0.15, 0.2) is 146 Å². The molecule has 0 spiro atoms. The van der Waals surface area contributed by atoms with E-state index in [1.54, 1.807) is 12.1 Å². The topological polar surface area (TPSA) is 267 Å². The first-order valence-electron chi connectivity index (χ1n) is 32.2. The first-order chi connectivity index (χ1) is 44.1. The average molecular weight is 1260 g/mol. The van der Waals surface area contributed by atoms with Crippen molar-refractivity contribution in [3.8, 4) is 0 Å². The highest BCUT2D eigenvalue weighted by Crippen LogP contribution is 2.34. The minimum absolute atomic E-state index is 0.0281. The number of aryl methyl sites for hydroxylation is 1. The van der Waals surface area contributed by atoms with Crippen LogP contribution in [-0.4, -0.2) is 162 Å². The van der Waals surface area contributed by atoms with Crippen LogP contribution in [0.2, 0.25) is 0 Å². The molecule has 5 aromatic rings. The van der Waals surface area contributed by atoms with Crippen molar-refractivity contribution < 1.29 is 43.2 Å². The summed E-state index contributed by atoms with van der Waals surface area (Å²) >= 11 is 1.50. The maximum atomic E-state index is 14.7. The number of hydrogen-bond acceptors (Lipinski definition) is 11. The van der Waals surface area contributed by atoms with Crippen LogP contribution >= 0.6 is 11.8 Å². The number of primary amides is 1. The maximum absolute atomic E-state index is 14.7. The zero-order chi connectivity index (χ0) is 64.3. The zero-order valence-electron chi connectivity index (χ0n) is 52.2. The molecule has 20 heteroatoms. The summed E-state index contributed by atoms with van der Waals surface area (Å²) in [6.45, 7) is -1.27. The van der Waals surface area contributed by atoms with Gasteiger partial charge in [0.1, 0.15) is 0 Å². The van der Waals surface area contributed by atoms with Crippen LogP contribution < -0.4 is 32.7 Å². The Morgan fingerprint density at radius 3 is 1.38 bits per heavy atom. The van der Waals surface area contributed by atoms with E-state index in [1.807, 2.05) is 133 Å². The number of nitrogens with one attached hydrogen (secondary N) is 4. The van der Waals surface area contributed by atoms with Crippen molar-refractivity contribution in [2.24, 2.45) is 23.3 Å². The fraction of sp³-hybridized carbons (Fsp3) is 0.451. The highest BCUT2D eigenvalue weighted by atomic mass is 32.2. The molecule has 0 saturated heterocycles. The van der Waals surface area contributed by atoms with Gasteiger partial charge >= 0.3 is 0 Å². The number of rotatable bonds is 19. The van der Waals surface area contributed by atoms with Crippen molar-refractivity contribution >= 4 is 64.9 Å². The molecule has 0 radical (unpaired) electrons. The van der Waals surface area contributed by atoms with Gasteiger partial charge in [-0.25, -0.2) is 0 Å². The van der Waals surface area contributed by atoms with Crippen LogP contribution in [-0.2, 0) is 69.8 Å². The van der Waals surface area contributed by atoms with E-state index in [4.69, 9.17) is 11.5 Å². The van der Waals surface area contributed by atoms with Crippen molar-refractivity contribution in [1.82, 2.24) is 40.9 Å². The smallest absolute Gasteiger partial charge is 0.251 e. The Kier molecular flexibility index (Phi) is 27.0.